The van der Waals surface area contributed by atoms with Gasteiger partial charge in [-0.15, -0.1) is 0 Å². The SMILES string of the molecule is CCCCCCCS(=O)(=O)[O][Tl]. The van der Waals surface area contributed by atoms with E-state index in [0.717, 1.165) is 19.3 Å². The van der Waals surface area contributed by atoms with Crippen LogP contribution < -0.4 is 0 Å². The summed E-state index contributed by atoms with van der Waals surface area (Å²) in [7, 11) is -3.13. The van der Waals surface area contributed by atoms with Gasteiger partial charge in [0.15, 0.2) is 0 Å². The third kappa shape index (κ3) is 7.48. The van der Waals surface area contributed by atoms with E-state index >= 15 is 0 Å². The maximum atomic E-state index is 10.9. The van der Waals surface area contributed by atoms with Crippen molar-refractivity contribution < 1.29 is 10.6 Å². The first-order valence-corrected chi connectivity index (χ1v) is 7.64. The minimum absolute atomic E-state index is 0.0932. The van der Waals surface area contributed by atoms with Crippen LogP contribution in [0.3, 0.4) is 0 Å². The van der Waals surface area contributed by atoms with E-state index in [1.54, 1.807) is 0 Å². The van der Waals surface area contributed by atoms with Gasteiger partial charge in [0.05, 0.1) is 0 Å². The fourth-order valence-electron chi connectivity index (χ4n) is 0.931. The Morgan fingerprint density at radius 2 is 1.75 bits per heavy atom. The molecule has 0 rings (SSSR count). The molecule has 0 aliphatic carbocycles. The van der Waals surface area contributed by atoms with Crippen LogP contribution in [-0.4, -0.2) is 40.4 Å². The molecule has 0 aromatic rings. The van der Waals surface area contributed by atoms with Crippen molar-refractivity contribution in [2.45, 2.75) is 39.0 Å². The summed E-state index contributed by atoms with van der Waals surface area (Å²) < 4.78 is 26.2. The molecule has 0 unspecified atom stereocenters. The third-order valence-corrected chi connectivity index (χ3v) is 6.15. The van der Waals surface area contributed by atoms with Gasteiger partial charge in [0.1, 0.15) is 0 Å². The molecule has 0 N–H and O–H groups in total. The molecule has 5 heteroatoms. The molecule has 0 aromatic carbocycles. The van der Waals surface area contributed by atoms with Gasteiger partial charge in [-0.05, 0) is 0 Å². The fraction of sp³-hybridized carbons (Fsp3) is 1.00. The average molecular weight is 384 g/mol. The number of hydrogen-bond acceptors (Lipinski definition) is 3. The Kier molecular flexibility index (Phi) is 7.76. The van der Waals surface area contributed by atoms with Gasteiger partial charge >= 0.3 is 91.7 Å². The summed E-state index contributed by atoms with van der Waals surface area (Å²) in [6.07, 6.45) is 5.26. The zero-order valence-electron chi connectivity index (χ0n) is 7.45. The monoisotopic (exact) mass is 384 g/mol. The zero-order valence-corrected chi connectivity index (χ0v) is 12.8. The Morgan fingerprint density at radius 3 is 2.25 bits per heavy atom. The van der Waals surface area contributed by atoms with E-state index in [-0.39, 0.29) is 32.0 Å². The normalized spacial score (nSPS) is 11.7. The van der Waals surface area contributed by atoms with Gasteiger partial charge in [-0.3, -0.25) is 0 Å². The van der Waals surface area contributed by atoms with Crippen LogP contribution in [0, 0.1) is 0 Å². The molecule has 0 saturated heterocycles. The summed E-state index contributed by atoms with van der Waals surface area (Å²) in [5.74, 6) is 0.202. The third-order valence-electron chi connectivity index (χ3n) is 1.64. The van der Waals surface area contributed by atoms with Crippen molar-refractivity contribution in [2.75, 3.05) is 5.75 Å². The van der Waals surface area contributed by atoms with Crippen molar-refractivity contribution in [2.24, 2.45) is 0 Å². The second-order valence-electron chi connectivity index (χ2n) is 2.77. The van der Waals surface area contributed by atoms with Gasteiger partial charge in [-0.1, -0.05) is 0 Å². The number of rotatable bonds is 7. The van der Waals surface area contributed by atoms with Gasteiger partial charge in [0, 0.05) is 0 Å². The van der Waals surface area contributed by atoms with E-state index < -0.39 is 10.1 Å². The van der Waals surface area contributed by atoms with Gasteiger partial charge in [0.25, 0.3) is 0 Å². The molecule has 0 spiro atoms. The maximum absolute atomic E-state index is 10.9. The van der Waals surface area contributed by atoms with Crippen molar-refractivity contribution in [3.05, 3.63) is 0 Å². The quantitative estimate of drug-likeness (QED) is 0.493. The molecule has 70 valence electrons. The summed E-state index contributed by atoms with van der Waals surface area (Å²) in [5.41, 5.74) is 0. The van der Waals surface area contributed by atoms with Crippen LogP contribution >= 0.6 is 0 Å². The minimum atomic E-state index is -3.13. The Hall–Kier alpha value is 0.832. The van der Waals surface area contributed by atoms with E-state index in [4.69, 9.17) is 0 Å². The summed E-state index contributed by atoms with van der Waals surface area (Å²) in [4.78, 5) is 0. The van der Waals surface area contributed by atoms with Gasteiger partial charge in [-0.2, -0.15) is 0 Å². The second-order valence-corrected chi connectivity index (χ2v) is 6.73. The van der Waals surface area contributed by atoms with E-state index in [2.05, 4.69) is 9.06 Å². The van der Waals surface area contributed by atoms with Crippen LogP contribution in [-0.2, 0) is 12.3 Å². The molecule has 0 bridgehead atoms. The standard InChI is InChI=1S/C7H16O3S.Tl/c1-2-3-4-5-6-7-11(8,9)10;/h2-7H2,1H3,(H,8,9,10);/q;+1/p-1. The molecule has 0 amide bonds. The summed E-state index contributed by atoms with van der Waals surface area (Å²) in [5, 5.41) is 0. The van der Waals surface area contributed by atoms with Crippen molar-refractivity contribution in [3.63, 3.8) is 0 Å². The van der Waals surface area contributed by atoms with E-state index in [0.29, 0.717) is 0 Å². The van der Waals surface area contributed by atoms with Crippen LogP contribution in [0.4, 0.5) is 0 Å². The van der Waals surface area contributed by atoms with Crippen LogP contribution in [0.1, 0.15) is 39.0 Å². The molecule has 0 saturated carbocycles. The topological polar surface area (TPSA) is 43.4 Å². The number of hydrogen-bond donors (Lipinski definition) is 0. The zero-order chi connectivity index (χ0) is 9.45. The Balaban J connectivity index is 3.32. The number of unbranched alkanes of at least 4 members (excludes halogenated alkanes) is 4. The summed E-state index contributed by atoms with van der Waals surface area (Å²) >= 11 is 0.0932. The van der Waals surface area contributed by atoms with Gasteiger partial charge < -0.3 is 0 Å². The summed E-state index contributed by atoms with van der Waals surface area (Å²) in [6.45, 7) is 2.14. The first-order chi connectivity index (χ1) is 5.62. The molecule has 0 aliphatic rings. The van der Waals surface area contributed by atoms with Gasteiger partial charge in [-0.25, -0.2) is 0 Å². The Bertz CT molecular complexity index is 189. The molecular formula is C7H15O3STl. The Labute approximate surface area is 91.3 Å². The fourth-order valence-corrected chi connectivity index (χ4v) is 2.71. The van der Waals surface area contributed by atoms with Crippen molar-refractivity contribution in [3.8, 4) is 0 Å². The molecule has 0 heterocycles. The van der Waals surface area contributed by atoms with E-state index in [1.807, 2.05) is 0 Å². The van der Waals surface area contributed by atoms with Crippen LogP contribution in [0.5, 0.6) is 0 Å². The van der Waals surface area contributed by atoms with Crippen LogP contribution in [0.25, 0.3) is 0 Å². The summed E-state index contributed by atoms with van der Waals surface area (Å²) in [6, 6.07) is 0. The van der Waals surface area contributed by atoms with Crippen LogP contribution in [0.2, 0.25) is 0 Å². The van der Waals surface area contributed by atoms with Gasteiger partial charge in [0.2, 0.25) is 0 Å². The predicted octanol–water partition coefficient (Wildman–Crippen LogP) is 1.39. The first kappa shape index (κ1) is 12.8. The molecule has 12 heavy (non-hydrogen) atoms. The Morgan fingerprint density at radius 1 is 1.17 bits per heavy atom. The predicted molar refractivity (Wildman–Crippen MR) is 49.4 cm³/mol. The van der Waals surface area contributed by atoms with E-state index in [1.165, 1.54) is 12.8 Å². The van der Waals surface area contributed by atoms with Crippen molar-refractivity contribution >= 4 is 36.3 Å². The van der Waals surface area contributed by atoms with Crippen molar-refractivity contribution in [1.29, 1.82) is 0 Å². The van der Waals surface area contributed by atoms with E-state index in [9.17, 15) is 8.42 Å². The molecule has 0 aromatic heterocycles. The molecule has 0 aliphatic heterocycles. The van der Waals surface area contributed by atoms with Crippen molar-refractivity contribution in [1.82, 2.24) is 0 Å². The molecule has 3 nitrogen and oxygen atoms in total. The first-order valence-electron chi connectivity index (χ1n) is 4.23. The molecule has 0 radical (unpaired) electrons. The molecule has 0 atom stereocenters. The molecular weight excluding hydrogens is 369 g/mol. The van der Waals surface area contributed by atoms with Crippen LogP contribution in [0.15, 0.2) is 0 Å². The average Bonchev–Trinajstić information content (AvgIpc) is 2.04. The second kappa shape index (κ2) is 7.26. The molecule has 0 fully saturated rings.